The molecule has 3 aromatic rings. The van der Waals surface area contributed by atoms with E-state index in [-0.39, 0.29) is 11.8 Å². The van der Waals surface area contributed by atoms with Gasteiger partial charge >= 0.3 is 0 Å². The number of aromatic nitrogens is 2. The lowest BCUT2D eigenvalue weighted by atomic mass is 9.92. The molecule has 1 N–H and O–H groups in total. The lowest BCUT2D eigenvalue weighted by Crippen LogP contribution is -2.24. The zero-order valence-electron chi connectivity index (χ0n) is 11.5. The molecule has 3 heterocycles. The second-order valence-corrected chi connectivity index (χ2v) is 6.88. The van der Waals surface area contributed by atoms with Gasteiger partial charge in [-0.3, -0.25) is 9.36 Å². The predicted octanol–water partition coefficient (Wildman–Crippen LogP) is 4.17. The molecule has 0 spiro atoms. The topological polar surface area (TPSA) is 46.9 Å². The number of carbonyl (C=O) groups excluding carboxylic acids is 1. The molecule has 4 rings (SSSR count). The van der Waals surface area contributed by atoms with Gasteiger partial charge in [-0.05, 0) is 46.7 Å². The number of imidazole rings is 1. The quantitative estimate of drug-likeness (QED) is 0.732. The number of fused-ring (bicyclic) bond motifs is 1. The van der Waals surface area contributed by atoms with Crippen LogP contribution >= 0.6 is 27.3 Å². The molecule has 1 aromatic carbocycles. The number of hydrogen-bond acceptors (Lipinski definition) is 3. The van der Waals surface area contributed by atoms with Crippen molar-refractivity contribution in [2.24, 2.45) is 0 Å². The molecular formula is C16H12BrN3OS. The second kappa shape index (κ2) is 5.37. The van der Waals surface area contributed by atoms with Crippen molar-refractivity contribution in [3.05, 3.63) is 63.1 Å². The first-order valence-corrected chi connectivity index (χ1v) is 8.61. The number of nitrogens with one attached hydrogen (secondary N) is 1. The van der Waals surface area contributed by atoms with Crippen LogP contribution in [-0.2, 0) is 4.79 Å². The average Bonchev–Trinajstić information content (AvgIpc) is 3.16. The van der Waals surface area contributed by atoms with Crippen LogP contribution in [0.1, 0.15) is 23.6 Å². The maximum atomic E-state index is 12.1. The lowest BCUT2D eigenvalue weighted by Gasteiger charge is -2.22. The normalized spacial score (nSPS) is 17.1. The maximum Gasteiger partial charge on any atom is 0.226 e. The Balaban J connectivity index is 1.82. The molecule has 0 unspecified atom stereocenters. The molecule has 110 valence electrons. The number of anilines is 1. The van der Waals surface area contributed by atoms with Crippen LogP contribution in [0.4, 0.5) is 5.82 Å². The molecule has 22 heavy (non-hydrogen) atoms. The highest BCUT2D eigenvalue weighted by atomic mass is 79.9. The van der Waals surface area contributed by atoms with Gasteiger partial charge in [-0.25, -0.2) is 4.98 Å². The SMILES string of the molecule is O=C1C[C@@H](c2ccsc2)c2ncn(-c3ccc(Br)cc3)c2N1. The monoisotopic (exact) mass is 373 g/mol. The summed E-state index contributed by atoms with van der Waals surface area (Å²) in [5.41, 5.74) is 3.06. The van der Waals surface area contributed by atoms with Gasteiger partial charge in [-0.1, -0.05) is 15.9 Å². The van der Waals surface area contributed by atoms with E-state index in [0.29, 0.717) is 6.42 Å². The Labute approximate surface area is 139 Å². The molecule has 0 fully saturated rings. The molecule has 6 heteroatoms. The molecule has 2 aromatic heterocycles. The van der Waals surface area contributed by atoms with Crippen molar-refractivity contribution in [3.63, 3.8) is 0 Å². The number of thiophene rings is 1. The second-order valence-electron chi connectivity index (χ2n) is 5.19. The minimum atomic E-state index is 0.0301. The number of hydrogen-bond donors (Lipinski definition) is 1. The van der Waals surface area contributed by atoms with Crippen LogP contribution in [0.3, 0.4) is 0 Å². The Hall–Kier alpha value is -1.92. The molecule has 1 atom stereocenters. The van der Waals surface area contributed by atoms with Crippen molar-refractivity contribution in [1.29, 1.82) is 0 Å². The number of benzene rings is 1. The molecule has 0 aliphatic carbocycles. The molecule has 0 saturated heterocycles. The van der Waals surface area contributed by atoms with Gasteiger partial charge in [0, 0.05) is 22.5 Å². The number of nitrogens with zero attached hydrogens (tertiary/aromatic N) is 2. The third-order valence-electron chi connectivity index (χ3n) is 3.82. The Morgan fingerprint density at radius 3 is 2.82 bits per heavy atom. The van der Waals surface area contributed by atoms with Crippen LogP contribution in [0, 0.1) is 0 Å². The smallest absolute Gasteiger partial charge is 0.226 e. The maximum absolute atomic E-state index is 12.1. The molecular weight excluding hydrogens is 362 g/mol. The highest BCUT2D eigenvalue weighted by molar-refractivity contribution is 9.10. The van der Waals surface area contributed by atoms with E-state index in [0.717, 1.165) is 27.2 Å². The summed E-state index contributed by atoms with van der Waals surface area (Å²) >= 11 is 5.08. The molecule has 0 saturated carbocycles. The van der Waals surface area contributed by atoms with E-state index in [4.69, 9.17) is 0 Å². The summed E-state index contributed by atoms with van der Waals surface area (Å²) in [6, 6.07) is 10.0. The van der Waals surface area contributed by atoms with E-state index in [9.17, 15) is 4.79 Å². The van der Waals surface area contributed by atoms with Crippen LogP contribution in [0.5, 0.6) is 0 Å². The van der Waals surface area contributed by atoms with E-state index >= 15 is 0 Å². The summed E-state index contributed by atoms with van der Waals surface area (Å²) in [6.45, 7) is 0. The zero-order valence-corrected chi connectivity index (χ0v) is 13.9. The van der Waals surface area contributed by atoms with Gasteiger partial charge in [0.2, 0.25) is 5.91 Å². The fourth-order valence-corrected chi connectivity index (χ4v) is 3.73. The van der Waals surface area contributed by atoms with Gasteiger partial charge in [-0.2, -0.15) is 11.3 Å². The van der Waals surface area contributed by atoms with Crippen molar-refractivity contribution in [2.75, 3.05) is 5.32 Å². The molecule has 0 radical (unpaired) electrons. The molecule has 1 aliphatic heterocycles. The number of halogens is 1. The highest BCUT2D eigenvalue weighted by Gasteiger charge is 2.31. The van der Waals surface area contributed by atoms with E-state index in [1.54, 1.807) is 17.7 Å². The van der Waals surface area contributed by atoms with Crippen LogP contribution in [0.25, 0.3) is 5.69 Å². The number of amides is 1. The van der Waals surface area contributed by atoms with E-state index in [1.807, 2.05) is 34.2 Å². The van der Waals surface area contributed by atoms with Crippen molar-refractivity contribution in [1.82, 2.24) is 9.55 Å². The van der Waals surface area contributed by atoms with Gasteiger partial charge in [0.15, 0.2) is 0 Å². The van der Waals surface area contributed by atoms with E-state index in [2.05, 4.69) is 37.7 Å². The highest BCUT2D eigenvalue weighted by Crippen LogP contribution is 2.37. The van der Waals surface area contributed by atoms with Crippen molar-refractivity contribution >= 4 is 39.0 Å². The molecule has 0 bridgehead atoms. The van der Waals surface area contributed by atoms with Crippen molar-refractivity contribution < 1.29 is 4.79 Å². The zero-order chi connectivity index (χ0) is 15.1. The van der Waals surface area contributed by atoms with Crippen molar-refractivity contribution in [3.8, 4) is 5.69 Å². The molecule has 1 aliphatic rings. The summed E-state index contributed by atoms with van der Waals surface area (Å²) < 4.78 is 2.95. The standard InChI is InChI=1S/C16H12BrN3OS/c17-11-1-3-12(4-2-11)20-9-18-15-13(10-5-6-22-8-10)7-14(21)19-16(15)20/h1-6,8-9,13H,7H2,(H,19,21)/t13-/m0/s1. The third kappa shape index (κ3) is 2.28. The van der Waals surface area contributed by atoms with Gasteiger partial charge in [0.1, 0.15) is 12.1 Å². The van der Waals surface area contributed by atoms with E-state index in [1.165, 1.54) is 0 Å². The average molecular weight is 374 g/mol. The largest absolute Gasteiger partial charge is 0.310 e. The molecule has 1 amide bonds. The van der Waals surface area contributed by atoms with Gasteiger partial charge < -0.3 is 5.32 Å². The fourth-order valence-electron chi connectivity index (χ4n) is 2.75. The van der Waals surface area contributed by atoms with E-state index < -0.39 is 0 Å². The minimum Gasteiger partial charge on any atom is -0.310 e. The molecule has 4 nitrogen and oxygen atoms in total. The minimum absolute atomic E-state index is 0.0301. The predicted molar refractivity (Wildman–Crippen MR) is 90.7 cm³/mol. The lowest BCUT2D eigenvalue weighted by molar-refractivity contribution is -0.116. The van der Waals surface area contributed by atoms with Gasteiger partial charge in [0.05, 0.1) is 5.69 Å². The first-order valence-electron chi connectivity index (χ1n) is 6.87. The van der Waals surface area contributed by atoms with Crippen molar-refractivity contribution in [2.45, 2.75) is 12.3 Å². The van der Waals surface area contributed by atoms with Crippen LogP contribution in [0.2, 0.25) is 0 Å². The Kier molecular flexibility index (Phi) is 3.35. The van der Waals surface area contributed by atoms with Gasteiger partial charge in [0.25, 0.3) is 0 Å². The summed E-state index contributed by atoms with van der Waals surface area (Å²) in [4.78, 5) is 16.7. The summed E-state index contributed by atoms with van der Waals surface area (Å²) in [5.74, 6) is 0.837. The first kappa shape index (κ1) is 13.7. The van der Waals surface area contributed by atoms with Gasteiger partial charge in [-0.15, -0.1) is 0 Å². The summed E-state index contributed by atoms with van der Waals surface area (Å²) in [5, 5.41) is 7.09. The van der Waals surface area contributed by atoms with Crippen LogP contribution < -0.4 is 5.32 Å². The Morgan fingerprint density at radius 1 is 1.27 bits per heavy atom. The first-order chi connectivity index (χ1) is 10.7. The third-order valence-corrected chi connectivity index (χ3v) is 5.05. The Morgan fingerprint density at radius 2 is 2.09 bits per heavy atom. The van der Waals surface area contributed by atoms with Crippen LogP contribution in [-0.4, -0.2) is 15.5 Å². The van der Waals surface area contributed by atoms with Crippen LogP contribution in [0.15, 0.2) is 51.9 Å². The summed E-state index contributed by atoms with van der Waals surface area (Å²) in [7, 11) is 0. The summed E-state index contributed by atoms with van der Waals surface area (Å²) in [6.07, 6.45) is 2.22. The number of rotatable bonds is 2. The Bertz CT molecular complexity index is 824. The fraction of sp³-hybridized carbons (Fsp3) is 0.125. The number of carbonyl (C=O) groups is 1.